The van der Waals surface area contributed by atoms with Gasteiger partial charge in [0.25, 0.3) is 5.56 Å². The van der Waals surface area contributed by atoms with Crippen molar-refractivity contribution in [1.29, 1.82) is 0 Å². The highest BCUT2D eigenvalue weighted by molar-refractivity contribution is 5.79. The second-order valence-electron chi connectivity index (χ2n) is 6.07. The molecule has 3 rings (SSSR count). The molecule has 8 heteroatoms. The first-order valence-corrected chi connectivity index (χ1v) is 8.61. The molecule has 0 saturated carbocycles. The summed E-state index contributed by atoms with van der Waals surface area (Å²) in [5.41, 5.74) is -0.452. The number of ether oxygens (including phenoxy) is 1. The first-order valence-electron chi connectivity index (χ1n) is 8.61. The third-order valence-corrected chi connectivity index (χ3v) is 4.30. The number of rotatable bonds is 8. The zero-order valence-electron chi connectivity index (χ0n) is 15.0. The molecular weight excluding hydrogens is 350 g/mol. The number of furan rings is 1. The fourth-order valence-corrected chi connectivity index (χ4v) is 2.91. The summed E-state index contributed by atoms with van der Waals surface area (Å²) >= 11 is 0. The van der Waals surface area contributed by atoms with E-state index in [1.165, 1.54) is 4.57 Å². The normalized spacial score (nSPS) is 11.0. The van der Waals surface area contributed by atoms with E-state index in [4.69, 9.17) is 9.15 Å². The van der Waals surface area contributed by atoms with Gasteiger partial charge in [0.15, 0.2) is 0 Å². The maximum Gasteiger partial charge on any atom is 0.328 e. The summed E-state index contributed by atoms with van der Waals surface area (Å²) in [7, 11) is 1.57. The van der Waals surface area contributed by atoms with Crippen molar-refractivity contribution in [3.8, 4) is 0 Å². The molecule has 1 aromatic carbocycles. The molecule has 0 aliphatic heterocycles. The second-order valence-corrected chi connectivity index (χ2v) is 6.07. The van der Waals surface area contributed by atoms with Gasteiger partial charge in [0.2, 0.25) is 5.91 Å². The van der Waals surface area contributed by atoms with E-state index in [-0.39, 0.29) is 18.9 Å². The summed E-state index contributed by atoms with van der Waals surface area (Å²) < 4.78 is 11.8. The van der Waals surface area contributed by atoms with E-state index >= 15 is 0 Å². The number of aromatic nitrogens is 2. The molecule has 0 aliphatic carbocycles. The molecule has 0 radical (unpaired) electrons. The van der Waals surface area contributed by atoms with Gasteiger partial charge >= 0.3 is 5.69 Å². The molecule has 142 valence electrons. The summed E-state index contributed by atoms with van der Waals surface area (Å²) in [6.07, 6.45) is 1.67. The van der Waals surface area contributed by atoms with Crippen molar-refractivity contribution in [2.75, 3.05) is 20.3 Å². The molecule has 0 spiro atoms. The van der Waals surface area contributed by atoms with Crippen LogP contribution in [0.25, 0.3) is 10.9 Å². The number of benzene rings is 1. The summed E-state index contributed by atoms with van der Waals surface area (Å²) in [4.78, 5) is 40.8. The van der Waals surface area contributed by atoms with Crippen LogP contribution in [0.3, 0.4) is 0 Å². The van der Waals surface area contributed by atoms with E-state index in [0.29, 0.717) is 36.4 Å². The van der Waals surface area contributed by atoms with Crippen molar-refractivity contribution in [2.45, 2.75) is 19.5 Å². The number of hydrogen-bond donors (Lipinski definition) is 1. The van der Waals surface area contributed by atoms with Crippen LogP contribution in [0.1, 0.15) is 12.2 Å². The smallest absolute Gasteiger partial charge is 0.328 e. The average molecular weight is 371 g/mol. The minimum Gasteiger partial charge on any atom is -0.467 e. The van der Waals surface area contributed by atoms with Gasteiger partial charge in [0.1, 0.15) is 5.76 Å². The zero-order valence-corrected chi connectivity index (χ0v) is 15.0. The van der Waals surface area contributed by atoms with E-state index in [9.17, 15) is 14.4 Å². The maximum atomic E-state index is 12.7. The van der Waals surface area contributed by atoms with Gasteiger partial charge in [-0.1, -0.05) is 12.1 Å². The lowest BCUT2D eigenvalue weighted by molar-refractivity contribution is -0.133. The van der Waals surface area contributed by atoms with E-state index < -0.39 is 11.2 Å². The Morgan fingerprint density at radius 3 is 2.78 bits per heavy atom. The minimum atomic E-state index is -0.527. The van der Waals surface area contributed by atoms with Gasteiger partial charge in [-0.2, -0.15) is 0 Å². The molecule has 2 aromatic heterocycles. The van der Waals surface area contributed by atoms with Gasteiger partial charge < -0.3 is 14.1 Å². The molecule has 1 amide bonds. The lowest BCUT2D eigenvalue weighted by Gasteiger charge is -2.21. The van der Waals surface area contributed by atoms with Crippen LogP contribution in [0.5, 0.6) is 0 Å². The molecule has 0 aliphatic rings. The summed E-state index contributed by atoms with van der Waals surface area (Å²) in [5.74, 6) is 0.539. The van der Waals surface area contributed by atoms with Crippen molar-refractivity contribution in [1.82, 2.24) is 14.5 Å². The quantitative estimate of drug-likeness (QED) is 0.645. The molecule has 0 atom stereocenters. The monoisotopic (exact) mass is 371 g/mol. The Morgan fingerprint density at radius 2 is 2.04 bits per heavy atom. The van der Waals surface area contributed by atoms with Crippen molar-refractivity contribution in [2.24, 2.45) is 0 Å². The molecule has 2 heterocycles. The number of methoxy groups -OCH3 is 1. The van der Waals surface area contributed by atoms with Gasteiger partial charge in [0.05, 0.1) is 30.3 Å². The number of aromatic amines is 1. The molecule has 0 saturated heterocycles. The van der Waals surface area contributed by atoms with Crippen LogP contribution < -0.4 is 11.2 Å². The van der Waals surface area contributed by atoms with Crippen molar-refractivity contribution in [3.05, 3.63) is 69.3 Å². The largest absolute Gasteiger partial charge is 0.467 e. The number of hydrogen-bond acceptors (Lipinski definition) is 5. The van der Waals surface area contributed by atoms with Crippen LogP contribution in [0, 0.1) is 0 Å². The Balaban J connectivity index is 1.78. The topological polar surface area (TPSA) is 97.5 Å². The number of fused-ring (bicyclic) bond motifs is 1. The lowest BCUT2D eigenvalue weighted by Crippen LogP contribution is -2.36. The van der Waals surface area contributed by atoms with E-state index in [2.05, 4.69) is 4.98 Å². The predicted octanol–water partition coefficient (Wildman–Crippen LogP) is 1.35. The maximum absolute atomic E-state index is 12.7. The number of H-pyrrole nitrogens is 1. The van der Waals surface area contributed by atoms with E-state index in [0.717, 1.165) is 0 Å². The Kier molecular flexibility index (Phi) is 5.87. The summed E-state index contributed by atoms with van der Waals surface area (Å²) in [6.45, 7) is 1.30. The summed E-state index contributed by atoms with van der Waals surface area (Å²) in [5, 5.41) is 0.413. The van der Waals surface area contributed by atoms with Gasteiger partial charge in [-0.25, -0.2) is 4.79 Å². The molecule has 0 fully saturated rings. The van der Waals surface area contributed by atoms with Crippen molar-refractivity contribution >= 4 is 16.8 Å². The van der Waals surface area contributed by atoms with E-state index in [1.807, 2.05) is 0 Å². The van der Waals surface area contributed by atoms with Gasteiger partial charge in [0, 0.05) is 26.6 Å². The van der Waals surface area contributed by atoms with Crippen LogP contribution in [0.4, 0.5) is 0 Å². The molecule has 0 bridgehead atoms. The van der Waals surface area contributed by atoms with E-state index in [1.54, 1.807) is 54.7 Å². The van der Waals surface area contributed by atoms with Crippen molar-refractivity contribution in [3.63, 3.8) is 0 Å². The second kappa shape index (κ2) is 8.50. The number of nitrogens with one attached hydrogen (secondary N) is 1. The Hall–Kier alpha value is -3.13. The highest BCUT2D eigenvalue weighted by Gasteiger charge is 2.16. The fraction of sp³-hybridized carbons (Fsp3) is 0.316. The van der Waals surface area contributed by atoms with Gasteiger partial charge in [-0.15, -0.1) is 0 Å². The predicted molar refractivity (Wildman–Crippen MR) is 99.4 cm³/mol. The molecule has 0 unspecified atom stereocenters. The highest BCUT2D eigenvalue weighted by Crippen LogP contribution is 2.10. The molecule has 8 nitrogen and oxygen atoms in total. The standard InChI is InChI=1S/C19H21N3O5/c1-26-12-10-21(13-14-5-4-11-27-14)17(23)8-9-22-16-7-3-2-6-15(16)18(24)20-19(22)25/h2-7,11H,8-10,12-13H2,1H3,(H,20,24,25). The number of carbonyl (C=O) groups is 1. The number of nitrogens with zero attached hydrogens (tertiary/aromatic N) is 2. The third kappa shape index (κ3) is 4.35. The number of carbonyl (C=O) groups excluding carboxylic acids is 1. The Bertz CT molecular complexity index is 1020. The fourth-order valence-electron chi connectivity index (χ4n) is 2.91. The average Bonchev–Trinajstić information content (AvgIpc) is 3.18. The Morgan fingerprint density at radius 1 is 1.22 bits per heavy atom. The first kappa shape index (κ1) is 18.7. The molecule has 3 aromatic rings. The van der Waals surface area contributed by atoms with Gasteiger partial charge in [-0.3, -0.25) is 19.1 Å². The SMILES string of the molecule is COCCN(Cc1ccco1)C(=O)CCn1c(=O)[nH]c(=O)c2ccccc21. The molecular formula is C19H21N3O5. The number of aryl methyl sites for hydroxylation is 1. The highest BCUT2D eigenvalue weighted by atomic mass is 16.5. The minimum absolute atomic E-state index is 0.111. The lowest BCUT2D eigenvalue weighted by atomic mass is 10.2. The first-order chi connectivity index (χ1) is 13.1. The zero-order chi connectivity index (χ0) is 19.2. The van der Waals surface area contributed by atoms with Crippen molar-refractivity contribution < 1.29 is 13.9 Å². The summed E-state index contributed by atoms with van der Waals surface area (Å²) in [6, 6.07) is 10.4. The third-order valence-electron chi connectivity index (χ3n) is 4.30. The number of para-hydroxylation sites is 1. The van der Waals surface area contributed by atoms with Crippen LogP contribution in [-0.2, 0) is 22.6 Å². The number of amides is 1. The van der Waals surface area contributed by atoms with Crippen LogP contribution in [0.15, 0.2) is 56.7 Å². The molecule has 1 N–H and O–H groups in total. The van der Waals surface area contributed by atoms with Crippen LogP contribution in [-0.4, -0.2) is 40.6 Å². The van der Waals surface area contributed by atoms with Gasteiger partial charge in [-0.05, 0) is 24.3 Å². The van der Waals surface area contributed by atoms with Crippen LogP contribution >= 0.6 is 0 Å². The molecule has 27 heavy (non-hydrogen) atoms. The Labute approximate surface area is 155 Å². The van der Waals surface area contributed by atoms with Crippen LogP contribution in [0.2, 0.25) is 0 Å².